The van der Waals surface area contributed by atoms with Crippen molar-refractivity contribution in [2.75, 3.05) is 6.54 Å². The van der Waals surface area contributed by atoms with Crippen molar-refractivity contribution in [3.05, 3.63) is 69.2 Å². The minimum Gasteiger partial charge on any atom is -0.328 e. The highest BCUT2D eigenvalue weighted by Gasteiger charge is 2.38. The molecule has 25 heavy (non-hydrogen) atoms. The second-order valence-electron chi connectivity index (χ2n) is 6.45. The number of hydrogen-bond donors (Lipinski definition) is 0. The summed E-state index contributed by atoms with van der Waals surface area (Å²) in [6.45, 7) is 0.687. The van der Waals surface area contributed by atoms with E-state index in [2.05, 4.69) is 0 Å². The number of hydrogen-bond acceptors (Lipinski definition) is 3. The van der Waals surface area contributed by atoms with Crippen LogP contribution < -0.4 is 5.56 Å². The van der Waals surface area contributed by atoms with E-state index >= 15 is 0 Å². The van der Waals surface area contributed by atoms with Crippen LogP contribution in [0.1, 0.15) is 35.1 Å². The Labute approximate surface area is 148 Å². The fourth-order valence-corrected chi connectivity index (χ4v) is 4.09. The average molecular weight is 352 g/mol. The Morgan fingerprint density at radius 3 is 2.84 bits per heavy atom. The predicted molar refractivity (Wildman–Crippen MR) is 95.4 cm³/mol. The van der Waals surface area contributed by atoms with Gasteiger partial charge in [0.1, 0.15) is 5.82 Å². The van der Waals surface area contributed by atoms with Gasteiger partial charge in [0.2, 0.25) is 0 Å². The molecule has 6 heteroatoms. The Kier molecular flexibility index (Phi) is 3.03. The predicted octanol–water partition coefficient (Wildman–Crippen LogP) is 3.33. The zero-order valence-electron chi connectivity index (χ0n) is 13.3. The van der Waals surface area contributed by atoms with Gasteiger partial charge in [-0.25, -0.2) is 4.98 Å². The van der Waals surface area contributed by atoms with Gasteiger partial charge in [-0.3, -0.25) is 14.2 Å². The van der Waals surface area contributed by atoms with Gasteiger partial charge in [0, 0.05) is 11.6 Å². The minimum atomic E-state index is -0.184. The summed E-state index contributed by atoms with van der Waals surface area (Å²) < 4.78 is 1.60. The third-order valence-corrected chi connectivity index (χ3v) is 5.28. The van der Waals surface area contributed by atoms with Gasteiger partial charge in [0.05, 0.1) is 28.2 Å². The van der Waals surface area contributed by atoms with Crippen LogP contribution in [0.4, 0.5) is 0 Å². The molecule has 1 fully saturated rings. The number of nitrogens with zero attached hydrogens (tertiary/aromatic N) is 3. The second kappa shape index (κ2) is 5.17. The Morgan fingerprint density at radius 2 is 1.96 bits per heavy atom. The number of fused-ring (bicyclic) bond motifs is 6. The van der Waals surface area contributed by atoms with E-state index in [1.807, 2.05) is 17.0 Å². The van der Waals surface area contributed by atoms with Gasteiger partial charge in [0.15, 0.2) is 0 Å². The number of rotatable bonds is 0. The Hall–Kier alpha value is -2.66. The lowest BCUT2D eigenvalue weighted by Gasteiger charge is -2.22. The van der Waals surface area contributed by atoms with Crippen LogP contribution in [0.3, 0.4) is 0 Å². The molecule has 0 aliphatic carbocycles. The zero-order chi connectivity index (χ0) is 17.1. The van der Waals surface area contributed by atoms with E-state index in [1.165, 1.54) is 0 Å². The largest absolute Gasteiger partial charge is 0.328 e. The highest BCUT2D eigenvalue weighted by atomic mass is 35.5. The molecule has 0 unspecified atom stereocenters. The van der Waals surface area contributed by atoms with Crippen molar-refractivity contribution >= 4 is 28.4 Å². The van der Waals surface area contributed by atoms with Gasteiger partial charge in [0.25, 0.3) is 11.5 Å². The van der Waals surface area contributed by atoms with Crippen LogP contribution >= 0.6 is 11.6 Å². The molecule has 0 N–H and O–H groups in total. The number of amides is 1. The summed E-state index contributed by atoms with van der Waals surface area (Å²) in [6.07, 6.45) is 1.72. The van der Waals surface area contributed by atoms with Crippen LogP contribution in [0.2, 0.25) is 5.02 Å². The number of carbonyl (C=O) groups is 1. The third-order valence-electron chi connectivity index (χ3n) is 5.04. The summed E-state index contributed by atoms with van der Waals surface area (Å²) in [5, 5.41) is 0.956. The summed E-state index contributed by atoms with van der Waals surface area (Å²) in [5.74, 6) is 0.598. The number of carbonyl (C=O) groups excluding carboxylic acids is 1. The molecule has 0 saturated carbocycles. The quantitative estimate of drug-likeness (QED) is 0.624. The first-order chi connectivity index (χ1) is 12.1. The maximum atomic E-state index is 13.3. The molecule has 124 valence electrons. The molecule has 2 aliphatic rings. The first-order valence-corrected chi connectivity index (χ1v) is 8.65. The molecule has 1 aromatic heterocycles. The van der Waals surface area contributed by atoms with Crippen LogP contribution in [0.15, 0.2) is 47.3 Å². The summed E-state index contributed by atoms with van der Waals surface area (Å²) in [6, 6.07) is 12.2. The van der Waals surface area contributed by atoms with Crippen LogP contribution in [0.5, 0.6) is 0 Å². The van der Waals surface area contributed by atoms with Gasteiger partial charge >= 0.3 is 0 Å². The lowest BCUT2D eigenvalue weighted by Crippen LogP contribution is -2.31. The van der Waals surface area contributed by atoms with Gasteiger partial charge in [-0.15, -0.1) is 0 Å². The molecular weight excluding hydrogens is 338 g/mol. The standard InChI is InChI=1S/C19H14ClN3O2/c20-11-7-8-14-13(10-11)19(25)23-15-5-2-1-4-12(15)18(24)22-9-3-6-16(22)17(23)21-14/h1-2,4-5,7-8,10,16H,3,6,9H2/t16-/m0/s1. The van der Waals surface area contributed by atoms with Gasteiger partial charge in [-0.2, -0.15) is 0 Å². The first-order valence-electron chi connectivity index (χ1n) is 8.28. The number of benzene rings is 2. The first kappa shape index (κ1) is 14.7. The summed E-state index contributed by atoms with van der Waals surface area (Å²) in [7, 11) is 0. The SMILES string of the molecule is O=C1c2ccccc2-n2c(nc3ccc(Cl)cc3c2=O)[C@@H]2CCCN12. The lowest BCUT2D eigenvalue weighted by molar-refractivity contribution is 0.0736. The summed E-state index contributed by atoms with van der Waals surface area (Å²) >= 11 is 6.08. The molecule has 0 spiro atoms. The molecule has 2 aromatic carbocycles. The van der Waals surface area contributed by atoms with Crippen LogP contribution in [-0.4, -0.2) is 26.9 Å². The van der Waals surface area contributed by atoms with Gasteiger partial charge < -0.3 is 4.90 Å². The molecule has 1 atom stereocenters. The van der Waals surface area contributed by atoms with E-state index in [1.54, 1.807) is 34.9 Å². The van der Waals surface area contributed by atoms with Crippen molar-refractivity contribution in [2.45, 2.75) is 18.9 Å². The molecule has 2 aliphatic heterocycles. The monoisotopic (exact) mass is 351 g/mol. The molecule has 0 bridgehead atoms. The lowest BCUT2D eigenvalue weighted by atomic mass is 10.1. The topological polar surface area (TPSA) is 55.2 Å². The van der Waals surface area contributed by atoms with Crippen molar-refractivity contribution < 1.29 is 4.79 Å². The Morgan fingerprint density at radius 1 is 1.12 bits per heavy atom. The van der Waals surface area contributed by atoms with E-state index in [0.717, 1.165) is 12.8 Å². The van der Waals surface area contributed by atoms with E-state index < -0.39 is 0 Å². The van der Waals surface area contributed by atoms with Crippen molar-refractivity contribution in [1.29, 1.82) is 0 Å². The highest BCUT2D eigenvalue weighted by Crippen LogP contribution is 2.37. The summed E-state index contributed by atoms with van der Waals surface area (Å²) in [5.41, 5.74) is 1.56. The summed E-state index contributed by atoms with van der Waals surface area (Å²) in [4.78, 5) is 32.9. The number of aromatic nitrogens is 2. The molecule has 1 amide bonds. The number of para-hydroxylation sites is 1. The molecule has 1 saturated heterocycles. The normalized spacial score (nSPS) is 18.7. The second-order valence-corrected chi connectivity index (χ2v) is 6.88. The maximum absolute atomic E-state index is 13.3. The number of halogens is 1. The average Bonchev–Trinajstić information content (AvgIpc) is 3.08. The fraction of sp³-hybridized carbons (Fsp3) is 0.211. The van der Waals surface area contributed by atoms with Crippen molar-refractivity contribution in [1.82, 2.24) is 14.5 Å². The van der Waals surface area contributed by atoms with Crippen molar-refractivity contribution in [3.63, 3.8) is 0 Å². The molecular formula is C19H14ClN3O2. The van der Waals surface area contributed by atoms with E-state index in [0.29, 0.717) is 39.5 Å². The molecule has 5 rings (SSSR count). The van der Waals surface area contributed by atoms with Gasteiger partial charge in [-0.05, 0) is 43.2 Å². The Balaban J connectivity index is 1.95. The smallest absolute Gasteiger partial charge is 0.266 e. The van der Waals surface area contributed by atoms with E-state index in [-0.39, 0.29) is 17.5 Å². The fourth-order valence-electron chi connectivity index (χ4n) is 3.91. The minimum absolute atomic E-state index is 0.0370. The van der Waals surface area contributed by atoms with Crippen LogP contribution in [0.25, 0.3) is 16.6 Å². The van der Waals surface area contributed by atoms with Crippen LogP contribution in [-0.2, 0) is 0 Å². The molecule has 5 nitrogen and oxygen atoms in total. The molecule has 3 aromatic rings. The Bertz CT molecular complexity index is 1110. The zero-order valence-corrected chi connectivity index (χ0v) is 14.0. The van der Waals surface area contributed by atoms with E-state index in [9.17, 15) is 9.59 Å². The van der Waals surface area contributed by atoms with Gasteiger partial charge in [-0.1, -0.05) is 23.7 Å². The molecule has 3 heterocycles. The third kappa shape index (κ3) is 1.99. The van der Waals surface area contributed by atoms with E-state index in [4.69, 9.17) is 16.6 Å². The van der Waals surface area contributed by atoms with Crippen molar-refractivity contribution in [3.8, 4) is 5.69 Å². The highest BCUT2D eigenvalue weighted by molar-refractivity contribution is 6.31. The van der Waals surface area contributed by atoms with Crippen LogP contribution in [0, 0.1) is 0 Å². The maximum Gasteiger partial charge on any atom is 0.266 e. The van der Waals surface area contributed by atoms with Crippen molar-refractivity contribution in [2.24, 2.45) is 0 Å². The molecule has 0 radical (unpaired) electrons.